The van der Waals surface area contributed by atoms with E-state index in [2.05, 4.69) is 9.71 Å². The summed E-state index contributed by atoms with van der Waals surface area (Å²) in [6.45, 7) is 2.42. The zero-order chi connectivity index (χ0) is 15.6. The minimum absolute atomic E-state index is 0.199. The maximum absolute atomic E-state index is 12.5. The van der Waals surface area contributed by atoms with Gasteiger partial charge in [0, 0.05) is 25.0 Å². The predicted octanol–water partition coefficient (Wildman–Crippen LogP) is 2.13. The molecule has 22 heavy (non-hydrogen) atoms. The van der Waals surface area contributed by atoms with E-state index in [1.54, 1.807) is 18.6 Å². The van der Waals surface area contributed by atoms with Crippen molar-refractivity contribution in [1.82, 2.24) is 14.3 Å². The molecule has 0 spiro atoms. The summed E-state index contributed by atoms with van der Waals surface area (Å²) < 4.78 is 29.6. The van der Waals surface area contributed by atoms with Crippen LogP contribution in [0.4, 0.5) is 0 Å². The molecule has 0 radical (unpaired) electrons. The molecular weight excluding hydrogens is 298 g/mol. The number of fused-ring (bicyclic) bond motifs is 1. The molecule has 2 aromatic rings. The first-order valence-electron chi connectivity index (χ1n) is 7.64. The molecule has 0 saturated heterocycles. The van der Waals surface area contributed by atoms with E-state index in [4.69, 9.17) is 0 Å². The van der Waals surface area contributed by atoms with Gasteiger partial charge in [-0.3, -0.25) is 0 Å². The van der Waals surface area contributed by atoms with Crippen molar-refractivity contribution in [2.24, 2.45) is 0 Å². The van der Waals surface area contributed by atoms with Crippen molar-refractivity contribution in [1.29, 1.82) is 0 Å². The number of sulfonamides is 1. The van der Waals surface area contributed by atoms with Gasteiger partial charge in [0.25, 0.3) is 0 Å². The molecule has 0 aliphatic heterocycles. The molecule has 1 N–H and O–H groups in total. The zero-order valence-electron chi connectivity index (χ0n) is 12.7. The minimum atomic E-state index is -3.48. The fourth-order valence-electron chi connectivity index (χ4n) is 2.96. The van der Waals surface area contributed by atoms with Crippen LogP contribution in [0.15, 0.2) is 41.8 Å². The number of aromatic nitrogens is 2. The molecule has 6 heteroatoms. The Bertz CT molecular complexity index is 739. The van der Waals surface area contributed by atoms with Gasteiger partial charge in [-0.1, -0.05) is 6.07 Å². The Morgan fingerprint density at radius 3 is 2.77 bits per heavy atom. The van der Waals surface area contributed by atoms with Crippen molar-refractivity contribution in [3.05, 3.63) is 48.0 Å². The Hall–Kier alpha value is -1.66. The van der Waals surface area contributed by atoms with Crippen LogP contribution < -0.4 is 4.72 Å². The lowest BCUT2D eigenvalue weighted by Crippen LogP contribution is -2.35. The standard InChI is InChI=1S/C16H21N3O2S/c1-13(11-19-9-8-17-12-19)18-22(20,21)16-7-6-14-4-2-3-5-15(14)10-16/h6-10,12-13,18H,2-5,11H2,1H3. The number of benzene rings is 1. The number of aryl methyl sites for hydroxylation is 2. The van der Waals surface area contributed by atoms with Crippen LogP contribution in [0.5, 0.6) is 0 Å². The first kappa shape index (κ1) is 15.2. The Kier molecular flexibility index (Phi) is 4.31. The molecule has 0 saturated carbocycles. The van der Waals surface area contributed by atoms with Crippen LogP contribution in [-0.4, -0.2) is 24.0 Å². The monoisotopic (exact) mass is 319 g/mol. The average Bonchev–Trinajstić information content (AvgIpc) is 2.99. The summed E-state index contributed by atoms with van der Waals surface area (Å²) in [4.78, 5) is 4.33. The number of nitrogens with zero attached hydrogens (tertiary/aromatic N) is 2. The van der Waals surface area contributed by atoms with Gasteiger partial charge in [0.15, 0.2) is 0 Å². The molecule has 1 aromatic carbocycles. The topological polar surface area (TPSA) is 64.0 Å². The Morgan fingerprint density at radius 2 is 2.05 bits per heavy atom. The van der Waals surface area contributed by atoms with Crippen molar-refractivity contribution >= 4 is 10.0 Å². The van der Waals surface area contributed by atoms with E-state index >= 15 is 0 Å². The van der Waals surface area contributed by atoms with E-state index in [0.29, 0.717) is 11.4 Å². The molecule has 118 valence electrons. The molecule has 1 aromatic heterocycles. The largest absolute Gasteiger partial charge is 0.336 e. The van der Waals surface area contributed by atoms with Crippen LogP contribution in [0, 0.1) is 0 Å². The third-order valence-corrected chi connectivity index (χ3v) is 5.62. The second-order valence-corrected chi connectivity index (χ2v) is 7.63. The summed E-state index contributed by atoms with van der Waals surface area (Å²) in [7, 11) is -3.48. The quantitative estimate of drug-likeness (QED) is 0.918. The Labute approximate surface area is 131 Å². The molecule has 1 aliphatic rings. The average molecular weight is 319 g/mol. The van der Waals surface area contributed by atoms with Gasteiger partial charge in [0.1, 0.15) is 0 Å². The van der Waals surface area contributed by atoms with E-state index in [0.717, 1.165) is 19.3 Å². The van der Waals surface area contributed by atoms with Gasteiger partial charge in [-0.2, -0.15) is 0 Å². The maximum Gasteiger partial charge on any atom is 0.240 e. The van der Waals surface area contributed by atoms with E-state index < -0.39 is 10.0 Å². The van der Waals surface area contributed by atoms with Crippen LogP contribution in [0.3, 0.4) is 0 Å². The second-order valence-electron chi connectivity index (χ2n) is 5.92. The summed E-state index contributed by atoms with van der Waals surface area (Å²) >= 11 is 0. The number of nitrogens with one attached hydrogen (secondary N) is 1. The van der Waals surface area contributed by atoms with Crippen LogP contribution >= 0.6 is 0 Å². The van der Waals surface area contributed by atoms with E-state index in [1.807, 2.05) is 29.8 Å². The molecule has 3 rings (SSSR count). The van der Waals surface area contributed by atoms with Gasteiger partial charge in [-0.05, 0) is 55.9 Å². The third kappa shape index (κ3) is 3.39. The van der Waals surface area contributed by atoms with Gasteiger partial charge >= 0.3 is 0 Å². The van der Waals surface area contributed by atoms with Crippen LogP contribution in [0.25, 0.3) is 0 Å². The van der Waals surface area contributed by atoms with E-state index in [9.17, 15) is 8.42 Å². The van der Waals surface area contributed by atoms with Crippen LogP contribution in [0.1, 0.15) is 30.9 Å². The van der Waals surface area contributed by atoms with Gasteiger partial charge in [-0.15, -0.1) is 0 Å². The SMILES string of the molecule is CC(Cn1ccnc1)NS(=O)(=O)c1ccc2c(c1)CCCC2. The van der Waals surface area contributed by atoms with Crippen molar-refractivity contribution in [2.45, 2.75) is 50.1 Å². The van der Waals surface area contributed by atoms with Crippen LogP contribution in [-0.2, 0) is 29.4 Å². The first-order valence-corrected chi connectivity index (χ1v) is 9.13. The van der Waals surface area contributed by atoms with E-state index in [-0.39, 0.29) is 6.04 Å². The summed E-state index contributed by atoms with van der Waals surface area (Å²) in [5, 5.41) is 0. The third-order valence-electron chi connectivity index (χ3n) is 4.03. The highest BCUT2D eigenvalue weighted by Crippen LogP contribution is 2.24. The number of imidazole rings is 1. The molecule has 5 nitrogen and oxygen atoms in total. The molecule has 1 unspecified atom stereocenters. The highest BCUT2D eigenvalue weighted by Gasteiger charge is 2.20. The van der Waals surface area contributed by atoms with Gasteiger partial charge in [0.05, 0.1) is 11.2 Å². The van der Waals surface area contributed by atoms with E-state index in [1.165, 1.54) is 17.5 Å². The summed E-state index contributed by atoms with van der Waals surface area (Å²) in [6.07, 6.45) is 9.56. The van der Waals surface area contributed by atoms with Crippen molar-refractivity contribution < 1.29 is 8.42 Å². The lowest BCUT2D eigenvalue weighted by Gasteiger charge is -2.18. The molecule has 1 heterocycles. The second kappa shape index (κ2) is 6.22. The molecular formula is C16H21N3O2S. The normalized spacial score (nSPS) is 16.2. The summed E-state index contributed by atoms with van der Waals surface area (Å²) in [6, 6.07) is 5.32. The number of hydrogen-bond donors (Lipinski definition) is 1. The smallest absolute Gasteiger partial charge is 0.240 e. The Morgan fingerprint density at radius 1 is 1.27 bits per heavy atom. The van der Waals surface area contributed by atoms with Crippen molar-refractivity contribution in [2.75, 3.05) is 0 Å². The lowest BCUT2D eigenvalue weighted by molar-refractivity contribution is 0.520. The Balaban J connectivity index is 1.74. The first-order chi connectivity index (χ1) is 10.5. The highest BCUT2D eigenvalue weighted by atomic mass is 32.2. The number of rotatable bonds is 5. The van der Waals surface area contributed by atoms with Gasteiger partial charge in [-0.25, -0.2) is 18.1 Å². The molecule has 0 fully saturated rings. The fourth-order valence-corrected chi connectivity index (χ4v) is 4.24. The summed E-state index contributed by atoms with van der Waals surface area (Å²) in [5.41, 5.74) is 2.47. The van der Waals surface area contributed by atoms with Gasteiger partial charge < -0.3 is 4.57 Å². The minimum Gasteiger partial charge on any atom is -0.336 e. The summed E-state index contributed by atoms with van der Waals surface area (Å²) in [5.74, 6) is 0. The maximum atomic E-state index is 12.5. The molecule has 0 bridgehead atoms. The molecule has 1 aliphatic carbocycles. The van der Waals surface area contributed by atoms with Crippen molar-refractivity contribution in [3.63, 3.8) is 0 Å². The lowest BCUT2D eigenvalue weighted by atomic mass is 9.92. The van der Waals surface area contributed by atoms with Crippen LogP contribution in [0.2, 0.25) is 0 Å². The molecule has 1 atom stereocenters. The van der Waals surface area contributed by atoms with Gasteiger partial charge in [0.2, 0.25) is 10.0 Å². The molecule has 0 amide bonds. The highest BCUT2D eigenvalue weighted by molar-refractivity contribution is 7.89. The van der Waals surface area contributed by atoms with Crippen molar-refractivity contribution in [3.8, 4) is 0 Å². The predicted molar refractivity (Wildman–Crippen MR) is 85.1 cm³/mol. The number of hydrogen-bond acceptors (Lipinski definition) is 3. The fraction of sp³-hybridized carbons (Fsp3) is 0.438. The zero-order valence-corrected chi connectivity index (χ0v) is 13.5.